The highest BCUT2D eigenvalue weighted by Crippen LogP contribution is 2.32. The first-order valence-electron chi connectivity index (χ1n) is 4.72. The van der Waals surface area contributed by atoms with E-state index in [1.807, 2.05) is 0 Å². The van der Waals surface area contributed by atoms with Gasteiger partial charge in [0.1, 0.15) is 0 Å². The van der Waals surface area contributed by atoms with E-state index < -0.39 is 0 Å². The van der Waals surface area contributed by atoms with Gasteiger partial charge in [-0.3, -0.25) is 10.1 Å². The second-order valence-electron chi connectivity index (χ2n) is 3.68. The van der Waals surface area contributed by atoms with Gasteiger partial charge in [0.15, 0.2) is 0 Å². The summed E-state index contributed by atoms with van der Waals surface area (Å²) in [5, 5.41) is 18.9. The zero-order valence-corrected chi connectivity index (χ0v) is 7.61. The highest BCUT2D eigenvalue weighted by molar-refractivity contribution is 4.83. The van der Waals surface area contributed by atoms with Crippen molar-refractivity contribution in [2.24, 2.45) is 11.8 Å². The van der Waals surface area contributed by atoms with E-state index in [0.29, 0.717) is 6.42 Å². The van der Waals surface area contributed by atoms with Crippen LogP contribution in [0.3, 0.4) is 0 Å². The Bertz CT molecular complexity index is 222. The average molecular weight is 182 g/mol. The first-order valence-corrected chi connectivity index (χ1v) is 4.72. The van der Waals surface area contributed by atoms with Gasteiger partial charge in [-0.2, -0.15) is 5.26 Å². The summed E-state index contributed by atoms with van der Waals surface area (Å²) in [5.41, 5.74) is 0. The van der Waals surface area contributed by atoms with Crippen LogP contribution in [0.1, 0.15) is 32.1 Å². The summed E-state index contributed by atoms with van der Waals surface area (Å²) in [5.74, 6) is 0.410. The maximum absolute atomic E-state index is 10.3. The maximum atomic E-state index is 10.3. The molecule has 0 aliphatic heterocycles. The molecule has 1 saturated carbocycles. The fraction of sp³-hybridized carbons (Fsp3) is 0.889. The van der Waals surface area contributed by atoms with Crippen molar-refractivity contribution < 1.29 is 4.92 Å². The number of nitro groups is 1. The molecule has 0 aromatic rings. The van der Waals surface area contributed by atoms with Gasteiger partial charge >= 0.3 is 0 Å². The number of hydrogen-bond donors (Lipinski definition) is 0. The van der Waals surface area contributed by atoms with Crippen molar-refractivity contribution in [2.75, 3.05) is 6.54 Å². The summed E-state index contributed by atoms with van der Waals surface area (Å²) in [6, 6.07) is 2.12. The van der Waals surface area contributed by atoms with E-state index in [1.54, 1.807) is 0 Å². The fourth-order valence-electron chi connectivity index (χ4n) is 2.10. The average Bonchev–Trinajstić information content (AvgIpc) is 2.08. The quantitative estimate of drug-likeness (QED) is 0.495. The van der Waals surface area contributed by atoms with Gasteiger partial charge in [0, 0.05) is 17.3 Å². The van der Waals surface area contributed by atoms with E-state index in [-0.39, 0.29) is 23.3 Å². The van der Waals surface area contributed by atoms with E-state index in [4.69, 9.17) is 5.26 Å². The van der Waals surface area contributed by atoms with Crippen molar-refractivity contribution in [3.63, 3.8) is 0 Å². The first kappa shape index (κ1) is 9.97. The van der Waals surface area contributed by atoms with Crippen molar-refractivity contribution in [1.29, 1.82) is 5.26 Å². The molecule has 0 aromatic heterocycles. The third-order valence-corrected chi connectivity index (χ3v) is 2.80. The zero-order chi connectivity index (χ0) is 9.68. The van der Waals surface area contributed by atoms with Crippen LogP contribution in [0.25, 0.3) is 0 Å². The molecule has 0 saturated heterocycles. The van der Waals surface area contributed by atoms with Crippen LogP contribution in [0.4, 0.5) is 0 Å². The van der Waals surface area contributed by atoms with Crippen LogP contribution in [-0.2, 0) is 0 Å². The molecule has 1 rings (SSSR count). The molecule has 0 heterocycles. The molecule has 2 unspecified atom stereocenters. The molecule has 2 atom stereocenters. The van der Waals surface area contributed by atoms with E-state index >= 15 is 0 Å². The molecule has 1 aliphatic carbocycles. The molecule has 0 amide bonds. The minimum absolute atomic E-state index is 0.0480. The molecule has 0 spiro atoms. The van der Waals surface area contributed by atoms with E-state index in [1.165, 1.54) is 0 Å². The van der Waals surface area contributed by atoms with Crippen LogP contribution in [0, 0.1) is 33.3 Å². The molecule has 0 radical (unpaired) electrons. The highest BCUT2D eigenvalue weighted by Gasteiger charge is 2.28. The van der Waals surface area contributed by atoms with Crippen LogP contribution < -0.4 is 0 Å². The second kappa shape index (κ2) is 4.80. The van der Waals surface area contributed by atoms with Crippen molar-refractivity contribution >= 4 is 0 Å². The number of rotatable bonds is 3. The van der Waals surface area contributed by atoms with Crippen LogP contribution in [-0.4, -0.2) is 11.5 Å². The lowest BCUT2D eigenvalue weighted by Crippen LogP contribution is -2.26. The fourth-order valence-corrected chi connectivity index (χ4v) is 2.10. The van der Waals surface area contributed by atoms with E-state index in [2.05, 4.69) is 6.07 Å². The Kier molecular flexibility index (Phi) is 3.69. The van der Waals surface area contributed by atoms with Gasteiger partial charge in [0.2, 0.25) is 6.54 Å². The van der Waals surface area contributed by atoms with Crippen LogP contribution >= 0.6 is 0 Å². The van der Waals surface area contributed by atoms with Crippen LogP contribution in [0.5, 0.6) is 0 Å². The van der Waals surface area contributed by atoms with Gasteiger partial charge in [-0.1, -0.05) is 12.8 Å². The SMILES string of the molecule is N#CCC1CCCCC1C[N+](=O)[O-]. The second-order valence-corrected chi connectivity index (χ2v) is 3.68. The minimum atomic E-state index is -0.250. The smallest absolute Gasteiger partial charge is 0.206 e. The molecule has 13 heavy (non-hydrogen) atoms. The van der Waals surface area contributed by atoms with Crippen molar-refractivity contribution in [2.45, 2.75) is 32.1 Å². The van der Waals surface area contributed by atoms with Gasteiger partial charge < -0.3 is 0 Å². The molecule has 1 fully saturated rings. The van der Waals surface area contributed by atoms with Gasteiger partial charge in [-0.05, 0) is 18.8 Å². The molecular weight excluding hydrogens is 168 g/mol. The summed E-state index contributed by atoms with van der Waals surface area (Å²) in [6.45, 7) is 0.0480. The zero-order valence-electron chi connectivity index (χ0n) is 7.61. The molecule has 0 aromatic carbocycles. The predicted molar refractivity (Wildman–Crippen MR) is 47.5 cm³/mol. The lowest BCUT2D eigenvalue weighted by Gasteiger charge is -2.26. The Morgan fingerprint density at radius 2 is 2.00 bits per heavy atom. The standard InChI is InChI=1S/C9H14N2O2/c10-6-5-8-3-1-2-4-9(8)7-11(12)13/h8-9H,1-5,7H2. The summed E-state index contributed by atoms with van der Waals surface area (Å²) in [7, 11) is 0. The molecule has 72 valence electrons. The Balaban J connectivity index is 2.47. The lowest BCUT2D eigenvalue weighted by atomic mass is 9.78. The molecule has 4 heteroatoms. The maximum Gasteiger partial charge on any atom is 0.206 e. The Labute approximate surface area is 77.7 Å². The van der Waals surface area contributed by atoms with Gasteiger partial charge in [-0.25, -0.2) is 0 Å². The first-order chi connectivity index (χ1) is 6.24. The van der Waals surface area contributed by atoms with Crippen molar-refractivity contribution in [3.8, 4) is 6.07 Å². The van der Waals surface area contributed by atoms with Gasteiger partial charge in [0.25, 0.3) is 0 Å². The number of nitriles is 1. The molecule has 0 N–H and O–H groups in total. The highest BCUT2D eigenvalue weighted by atomic mass is 16.6. The van der Waals surface area contributed by atoms with Gasteiger partial charge in [0.05, 0.1) is 6.07 Å². The van der Waals surface area contributed by atoms with E-state index in [0.717, 1.165) is 25.7 Å². The predicted octanol–water partition coefficient (Wildman–Crippen LogP) is 1.98. The van der Waals surface area contributed by atoms with Crippen molar-refractivity contribution in [1.82, 2.24) is 0 Å². The Morgan fingerprint density at radius 3 is 2.54 bits per heavy atom. The molecule has 1 aliphatic rings. The van der Waals surface area contributed by atoms with Gasteiger partial charge in [-0.15, -0.1) is 0 Å². The third-order valence-electron chi connectivity index (χ3n) is 2.80. The molecule has 0 bridgehead atoms. The van der Waals surface area contributed by atoms with E-state index in [9.17, 15) is 10.1 Å². The summed E-state index contributed by atoms with van der Waals surface area (Å²) in [6.07, 6.45) is 4.61. The lowest BCUT2D eigenvalue weighted by molar-refractivity contribution is -0.490. The molecular formula is C9H14N2O2. The summed E-state index contributed by atoms with van der Waals surface area (Å²) in [4.78, 5) is 10.1. The monoisotopic (exact) mass is 182 g/mol. The van der Waals surface area contributed by atoms with Crippen molar-refractivity contribution in [3.05, 3.63) is 10.1 Å². The Morgan fingerprint density at radius 1 is 1.38 bits per heavy atom. The van der Waals surface area contributed by atoms with Crippen LogP contribution in [0.15, 0.2) is 0 Å². The minimum Gasteiger partial charge on any atom is -0.265 e. The van der Waals surface area contributed by atoms with Crippen LogP contribution in [0.2, 0.25) is 0 Å². The summed E-state index contributed by atoms with van der Waals surface area (Å²) < 4.78 is 0. The number of nitrogens with zero attached hydrogens (tertiary/aromatic N) is 2. The number of hydrogen-bond acceptors (Lipinski definition) is 3. The normalized spacial score (nSPS) is 27.9. The molecule has 4 nitrogen and oxygen atoms in total. The third kappa shape index (κ3) is 3.02. The Hall–Kier alpha value is -1.11. The topological polar surface area (TPSA) is 66.9 Å². The largest absolute Gasteiger partial charge is 0.265 e. The summed E-state index contributed by atoms with van der Waals surface area (Å²) >= 11 is 0.